The van der Waals surface area contributed by atoms with Crippen molar-refractivity contribution in [3.05, 3.63) is 60.2 Å². The van der Waals surface area contributed by atoms with Crippen LogP contribution in [0.1, 0.15) is 12.5 Å². The van der Waals surface area contributed by atoms with Gasteiger partial charge in [0.2, 0.25) is 5.91 Å². The van der Waals surface area contributed by atoms with Gasteiger partial charge in [-0.3, -0.25) is 9.69 Å². The molecule has 0 heterocycles. The van der Waals surface area contributed by atoms with E-state index in [9.17, 15) is 4.79 Å². The molecule has 116 valence electrons. The van der Waals surface area contributed by atoms with Gasteiger partial charge in [0, 0.05) is 11.4 Å². The van der Waals surface area contributed by atoms with Crippen LogP contribution in [-0.2, 0) is 11.3 Å². The van der Waals surface area contributed by atoms with Gasteiger partial charge in [0.25, 0.3) is 0 Å². The first-order chi connectivity index (χ1) is 10.6. The number of rotatable bonds is 6. The Morgan fingerprint density at radius 3 is 2.45 bits per heavy atom. The molecule has 3 nitrogen and oxygen atoms in total. The second kappa shape index (κ2) is 8.01. The second-order valence-electron chi connectivity index (χ2n) is 5.27. The molecule has 0 aromatic heterocycles. The van der Waals surface area contributed by atoms with Crippen LogP contribution in [0, 0.1) is 0 Å². The molecule has 22 heavy (non-hydrogen) atoms. The highest BCUT2D eigenvalue weighted by Gasteiger charge is 2.19. The maximum Gasteiger partial charge on any atom is 0.241 e. The summed E-state index contributed by atoms with van der Waals surface area (Å²) in [6, 6.07) is 17.8. The van der Waals surface area contributed by atoms with Crippen LogP contribution < -0.4 is 5.32 Å². The lowest BCUT2D eigenvalue weighted by Crippen LogP contribution is -2.39. The Morgan fingerprint density at radius 1 is 1.14 bits per heavy atom. The van der Waals surface area contributed by atoms with Crippen molar-refractivity contribution in [1.29, 1.82) is 0 Å². The molecule has 2 aromatic carbocycles. The van der Waals surface area contributed by atoms with Gasteiger partial charge in [0.1, 0.15) is 0 Å². The van der Waals surface area contributed by atoms with Crippen molar-refractivity contribution >= 4 is 23.4 Å². The number of hydrogen-bond donors (Lipinski definition) is 1. The first kappa shape index (κ1) is 16.6. The molecule has 2 rings (SSSR count). The Hall–Kier alpha value is -1.78. The summed E-state index contributed by atoms with van der Waals surface area (Å²) in [5.74, 6) is 0.0138. The number of likely N-dealkylation sites (N-methyl/N-ethyl adjacent to an activating group) is 1. The van der Waals surface area contributed by atoms with Crippen LogP contribution in [0.3, 0.4) is 0 Å². The molecule has 0 saturated carbocycles. The first-order valence-corrected chi connectivity index (χ1v) is 8.52. The van der Waals surface area contributed by atoms with E-state index in [1.165, 1.54) is 5.56 Å². The molecule has 1 atom stereocenters. The predicted molar refractivity (Wildman–Crippen MR) is 94.2 cm³/mol. The minimum Gasteiger partial charge on any atom is -0.324 e. The van der Waals surface area contributed by atoms with Crippen LogP contribution in [0.5, 0.6) is 0 Å². The first-order valence-electron chi connectivity index (χ1n) is 7.30. The third kappa shape index (κ3) is 4.36. The van der Waals surface area contributed by atoms with Gasteiger partial charge in [0.05, 0.1) is 11.7 Å². The molecular weight excluding hydrogens is 292 g/mol. The van der Waals surface area contributed by atoms with Crippen molar-refractivity contribution in [3.8, 4) is 0 Å². The third-order valence-electron chi connectivity index (χ3n) is 3.68. The van der Waals surface area contributed by atoms with E-state index in [0.717, 1.165) is 17.1 Å². The van der Waals surface area contributed by atoms with E-state index in [1.54, 1.807) is 11.8 Å². The number of nitrogens with one attached hydrogen (secondary N) is 1. The molecule has 0 fully saturated rings. The molecule has 0 aliphatic heterocycles. The van der Waals surface area contributed by atoms with Gasteiger partial charge in [-0.1, -0.05) is 42.5 Å². The van der Waals surface area contributed by atoms with Crippen molar-refractivity contribution in [2.75, 3.05) is 18.6 Å². The monoisotopic (exact) mass is 314 g/mol. The fraction of sp³-hybridized carbons (Fsp3) is 0.278. The molecule has 0 unspecified atom stereocenters. The summed E-state index contributed by atoms with van der Waals surface area (Å²) in [6.07, 6.45) is 2.01. The lowest BCUT2D eigenvalue weighted by Gasteiger charge is -2.24. The Labute approximate surface area is 136 Å². The van der Waals surface area contributed by atoms with Crippen molar-refractivity contribution in [2.45, 2.75) is 24.4 Å². The summed E-state index contributed by atoms with van der Waals surface area (Å²) in [6.45, 7) is 2.68. The summed E-state index contributed by atoms with van der Waals surface area (Å²) in [5.41, 5.74) is 2.08. The topological polar surface area (TPSA) is 32.3 Å². The summed E-state index contributed by atoms with van der Waals surface area (Å²) >= 11 is 1.63. The number of carbonyl (C=O) groups is 1. The molecule has 0 spiro atoms. The number of carbonyl (C=O) groups excluding carboxylic acids is 1. The van der Waals surface area contributed by atoms with E-state index in [-0.39, 0.29) is 11.9 Å². The molecule has 4 heteroatoms. The van der Waals surface area contributed by atoms with Crippen LogP contribution in [0.2, 0.25) is 0 Å². The van der Waals surface area contributed by atoms with Crippen molar-refractivity contribution < 1.29 is 4.79 Å². The smallest absolute Gasteiger partial charge is 0.241 e. The van der Waals surface area contributed by atoms with Gasteiger partial charge < -0.3 is 5.32 Å². The summed E-state index contributed by atoms with van der Waals surface area (Å²) in [4.78, 5) is 15.6. The number of nitrogens with zero attached hydrogens (tertiary/aromatic N) is 1. The van der Waals surface area contributed by atoms with E-state index in [1.807, 2.05) is 67.6 Å². The van der Waals surface area contributed by atoms with E-state index in [2.05, 4.69) is 17.4 Å². The van der Waals surface area contributed by atoms with Gasteiger partial charge in [-0.25, -0.2) is 0 Å². The quantitative estimate of drug-likeness (QED) is 0.822. The zero-order valence-corrected chi connectivity index (χ0v) is 14.1. The van der Waals surface area contributed by atoms with Crippen molar-refractivity contribution in [3.63, 3.8) is 0 Å². The van der Waals surface area contributed by atoms with E-state index in [0.29, 0.717) is 0 Å². The Balaban J connectivity index is 1.99. The Kier molecular flexibility index (Phi) is 6.04. The average molecular weight is 314 g/mol. The minimum atomic E-state index is -0.199. The maximum atomic E-state index is 12.5. The Morgan fingerprint density at radius 2 is 1.77 bits per heavy atom. The predicted octanol–water partition coefficient (Wildman–Crippen LogP) is 3.87. The lowest BCUT2D eigenvalue weighted by molar-refractivity contribution is -0.120. The number of para-hydroxylation sites is 1. The molecule has 0 radical (unpaired) electrons. The Bertz CT molecular complexity index is 615. The molecule has 2 aromatic rings. The molecule has 0 aliphatic carbocycles. The largest absolute Gasteiger partial charge is 0.324 e. The van der Waals surface area contributed by atoms with E-state index < -0.39 is 0 Å². The number of benzene rings is 2. The molecule has 0 saturated heterocycles. The zero-order valence-electron chi connectivity index (χ0n) is 13.2. The molecule has 0 bridgehead atoms. The standard InChI is InChI=1S/C18H22N2OS/c1-14(20(2)13-15-9-5-4-6-10-15)18(21)19-16-11-7-8-12-17(16)22-3/h4-12,14H,13H2,1-3H3,(H,19,21)/t14-/m0/s1. The number of amides is 1. The molecule has 0 aliphatic rings. The highest BCUT2D eigenvalue weighted by Crippen LogP contribution is 2.24. The van der Waals surface area contributed by atoms with Crippen LogP contribution in [0.25, 0.3) is 0 Å². The normalized spacial score (nSPS) is 12.2. The van der Waals surface area contributed by atoms with Gasteiger partial charge in [-0.05, 0) is 37.9 Å². The van der Waals surface area contributed by atoms with Gasteiger partial charge in [0.15, 0.2) is 0 Å². The highest BCUT2D eigenvalue weighted by molar-refractivity contribution is 7.98. The lowest BCUT2D eigenvalue weighted by atomic mass is 10.2. The van der Waals surface area contributed by atoms with Gasteiger partial charge in [-0.15, -0.1) is 11.8 Å². The van der Waals surface area contributed by atoms with E-state index >= 15 is 0 Å². The SMILES string of the molecule is CSc1ccccc1NC(=O)[C@H](C)N(C)Cc1ccccc1. The van der Waals surface area contributed by atoms with Crippen molar-refractivity contribution in [1.82, 2.24) is 4.90 Å². The number of thioether (sulfide) groups is 1. The van der Waals surface area contributed by atoms with Crippen LogP contribution in [0.4, 0.5) is 5.69 Å². The number of anilines is 1. The van der Waals surface area contributed by atoms with Crippen LogP contribution in [0.15, 0.2) is 59.5 Å². The molecule has 1 N–H and O–H groups in total. The molecular formula is C18H22N2OS. The summed E-state index contributed by atoms with van der Waals surface area (Å²) < 4.78 is 0. The average Bonchev–Trinajstić information content (AvgIpc) is 2.55. The second-order valence-corrected chi connectivity index (χ2v) is 6.11. The summed E-state index contributed by atoms with van der Waals surface area (Å²) in [5, 5.41) is 3.03. The number of hydrogen-bond acceptors (Lipinski definition) is 3. The maximum absolute atomic E-state index is 12.5. The van der Waals surface area contributed by atoms with Crippen LogP contribution in [-0.4, -0.2) is 30.2 Å². The van der Waals surface area contributed by atoms with Gasteiger partial charge >= 0.3 is 0 Å². The third-order valence-corrected chi connectivity index (χ3v) is 4.48. The zero-order chi connectivity index (χ0) is 15.9. The highest BCUT2D eigenvalue weighted by atomic mass is 32.2. The van der Waals surface area contributed by atoms with Crippen molar-refractivity contribution in [2.24, 2.45) is 0 Å². The van der Waals surface area contributed by atoms with Gasteiger partial charge in [-0.2, -0.15) is 0 Å². The summed E-state index contributed by atoms with van der Waals surface area (Å²) in [7, 11) is 1.97. The fourth-order valence-electron chi connectivity index (χ4n) is 2.19. The molecule has 1 amide bonds. The fourth-order valence-corrected chi connectivity index (χ4v) is 2.75. The van der Waals surface area contributed by atoms with Crippen LogP contribution >= 0.6 is 11.8 Å². The van der Waals surface area contributed by atoms with E-state index in [4.69, 9.17) is 0 Å². The minimum absolute atomic E-state index is 0.0138.